The molecule has 0 aliphatic carbocycles. The Bertz CT molecular complexity index is 1160. The summed E-state index contributed by atoms with van der Waals surface area (Å²) in [7, 11) is 0. The van der Waals surface area contributed by atoms with E-state index in [0.29, 0.717) is 35.2 Å². The maximum absolute atomic E-state index is 11.6. The number of aliphatic hydroxyl groups excluding tert-OH is 1. The first-order valence-electron chi connectivity index (χ1n) is 10.8. The molecule has 10 nitrogen and oxygen atoms in total. The Labute approximate surface area is 199 Å². The van der Waals surface area contributed by atoms with Gasteiger partial charge in [0.15, 0.2) is 11.7 Å². The molecule has 1 saturated heterocycles. The molecule has 0 amide bonds. The number of ether oxygens (including phenoxy) is 2. The molecule has 5 rings (SSSR count). The standard InChI is InChI=1S/C21H23ClN6O4S/c1-2-31-17(30)12-28-25-19(24-26-28)16-11-23-20(33-16)27-8-6-21(7-9-27)10-14(29)18-13(22)4-3-5-15(18)32-21/h3-5,11,14,29H,2,6-10,12H2,1H3. The van der Waals surface area contributed by atoms with Crippen molar-refractivity contribution in [2.45, 2.75) is 44.4 Å². The summed E-state index contributed by atoms with van der Waals surface area (Å²) in [6.45, 7) is 3.47. The number of halogens is 1. The minimum absolute atomic E-state index is 0.0824. The summed E-state index contributed by atoms with van der Waals surface area (Å²) in [5.41, 5.74) is 0.269. The van der Waals surface area contributed by atoms with Gasteiger partial charge in [0.1, 0.15) is 11.4 Å². The molecule has 4 heterocycles. The van der Waals surface area contributed by atoms with Gasteiger partial charge in [-0.2, -0.15) is 4.80 Å². The van der Waals surface area contributed by atoms with Crippen molar-refractivity contribution >= 4 is 34.0 Å². The molecule has 2 aromatic heterocycles. The first-order chi connectivity index (χ1) is 16.0. The number of hydrogen-bond donors (Lipinski definition) is 1. The predicted octanol–water partition coefficient (Wildman–Crippen LogP) is 2.87. The van der Waals surface area contributed by atoms with Gasteiger partial charge < -0.3 is 19.5 Å². The van der Waals surface area contributed by atoms with Crippen molar-refractivity contribution in [2.75, 3.05) is 24.6 Å². The molecule has 0 radical (unpaired) electrons. The zero-order valence-corrected chi connectivity index (χ0v) is 19.6. The van der Waals surface area contributed by atoms with E-state index in [1.807, 2.05) is 12.1 Å². The fraction of sp³-hybridized carbons (Fsp3) is 0.476. The van der Waals surface area contributed by atoms with Gasteiger partial charge in [0, 0.05) is 37.9 Å². The van der Waals surface area contributed by atoms with Crippen LogP contribution < -0.4 is 9.64 Å². The highest BCUT2D eigenvalue weighted by molar-refractivity contribution is 7.18. The van der Waals surface area contributed by atoms with Crippen LogP contribution >= 0.6 is 22.9 Å². The summed E-state index contributed by atoms with van der Waals surface area (Å²) < 4.78 is 11.3. The molecule has 12 heteroatoms. The topological polar surface area (TPSA) is 115 Å². The largest absolute Gasteiger partial charge is 0.487 e. The molecule has 33 heavy (non-hydrogen) atoms. The van der Waals surface area contributed by atoms with Gasteiger partial charge in [-0.3, -0.25) is 0 Å². The SMILES string of the molecule is CCOC(=O)Cn1nnc(-c2cnc(N3CCC4(CC3)CC(O)c3c(Cl)cccc3O4)s2)n1. The Kier molecular flexibility index (Phi) is 5.94. The molecule has 2 aliphatic heterocycles. The van der Waals surface area contributed by atoms with Crippen molar-refractivity contribution in [3.05, 3.63) is 35.0 Å². The van der Waals surface area contributed by atoms with Crippen molar-refractivity contribution in [2.24, 2.45) is 0 Å². The van der Waals surface area contributed by atoms with Crippen LogP contribution in [0.4, 0.5) is 5.13 Å². The molecule has 1 fully saturated rings. The number of rotatable bonds is 5. The number of thiazole rings is 1. The van der Waals surface area contributed by atoms with Crippen molar-refractivity contribution in [3.8, 4) is 16.5 Å². The van der Waals surface area contributed by atoms with Crippen LogP contribution in [0, 0.1) is 0 Å². The highest BCUT2D eigenvalue weighted by Crippen LogP contribution is 2.47. The van der Waals surface area contributed by atoms with Gasteiger partial charge in [-0.25, -0.2) is 9.78 Å². The first kappa shape index (κ1) is 22.1. The fourth-order valence-electron chi connectivity index (χ4n) is 4.32. The van der Waals surface area contributed by atoms with E-state index in [9.17, 15) is 9.90 Å². The van der Waals surface area contributed by atoms with Gasteiger partial charge in [-0.15, -0.1) is 10.2 Å². The second-order valence-corrected chi connectivity index (χ2v) is 9.52. The lowest BCUT2D eigenvalue weighted by molar-refractivity contribution is -0.144. The van der Waals surface area contributed by atoms with Crippen LogP contribution in [0.3, 0.4) is 0 Å². The zero-order chi connectivity index (χ0) is 23.0. The van der Waals surface area contributed by atoms with E-state index in [1.165, 1.54) is 16.1 Å². The molecule has 1 atom stereocenters. The predicted molar refractivity (Wildman–Crippen MR) is 121 cm³/mol. The molecule has 174 valence electrons. The molecule has 1 N–H and O–H groups in total. The van der Waals surface area contributed by atoms with Gasteiger partial charge in [0.25, 0.3) is 0 Å². The molecule has 1 aromatic carbocycles. The van der Waals surface area contributed by atoms with E-state index < -0.39 is 17.7 Å². The van der Waals surface area contributed by atoms with E-state index in [2.05, 4.69) is 25.3 Å². The molecular formula is C21H23ClN6O4S. The summed E-state index contributed by atoms with van der Waals surface area (Å²) in [5.74, 6) is 0.681. The Balaban J connectivity index is 1.24. The van der Waals surface area contributed by atoms with E-state index >= 15 is 0 Å². The summed E-state index contributed by atoms with van der Waals surface area (Å²) >= 11 is 7.74. The second-order valence-electron chi connectivity index (χ2n) is 8.10. The van der Waals surface area contributed by atoms with Crippen molar-refractivity contribution in [1.82, 2.24) is 25.2 Å². The third kappa shape index (κ3) is 4.40. The van der Waals surface area contributed by atoms with Crippen LogP contribution in [-0.4, -0.2) is 61.6 Å². The third-order valence-electron chi connectivity index (χ3n) is 5.93. The van der Waals surface area contributed by atoms with Gasteiger partial charge in [-0.1, -0.05) is 29.0 Å². The van der Waals surface area contributed by atoms with Crippen LogP contribution in [0.5, 0.6) is 5.75 Å². The lowest BCUT2D eigenvalue weighted by Gasteiger charge is -2.46. The summed E-state index contributed by atoms with van der Waals surface area (Å²) in [6, 6.07) is 5.49. The number of tetrazole rings is 1. The summed E-state index contributed by atoms with van der Waals surface area (Å²) in [5, 5.41) is 24.3. The van der Waals surface area contributed by atoms with Crippen molar-refractivity contribution < 1.29 is 19.4 Å². The van der Waals surface area contributed by atoms with Crippen LogP contribution in [0.25, 0.3) is 10.7 Å². The van der Waals surface area contributed by atoms with Gasteiger partial charge in [0.2, 0.25) is 5.82 Å². The summed E-state index contributed by atoms with van der Waals surface area (Å²) in [4.78, 5) is 20.3. The van der Waals surface area contributed by atoms with E-state index in [0.717, 1.165) is 35.9 Å². The van der Waals surface area contributed by atoms with Crippen molar-refractivity contribution in [1.29, 1.82) is 0 Å². The van der Waals surface area contributed by atoms with Crippen LogP contribution in [-0.2, 0) is 16.1 Å². The molecule has 3 aromatic rings. The van der Waals surface area contributed by atoms with Crippen molar-refractivity contribution in [3.63, 3.8) is 0 Å². The zero-order valence-electron chi connectivity index (χ0n) is 18.0. The lowest BCUT2D eigenvalue weighted by atomic mass is 9.82. The van der Waals surface area contributed by atoms with Gasteiger partial charge in [-0.05, 0) is 24.3 Å². The molecule has 1 unspecified atom stereocenters. The molecule has 1 spiro atoms. The van der Waals surface area contributed by atoms with Crippen LogP contribution in [0.1, 0.15) is 37.9 Å². The second kappa shape index (κ2) is 8.88. The Hall–Kier alpha value is -2.76. The number of esters is 1. The minimum Gasteiger partial charge on any atom is -0.487 e. The average Bonchev–Trinajstić information content (AvgIpc) is 3.44. The minimum atomic E-state index is -0.635. The number of anilines is 1. The summed E-state index contributed by atoms with van der Waals surface area (Å²) in [6.07, 6.45) is 3.13. The number of fused-ring (bicyclic) bond motifs is 1. The normalized spacial score (nSPS) is 19.2. The Morgan fingerprint density at radius 2 is 2.21 bits per heavy atom. The number of benzene rings is 1. The van der Waals surface area contributed by atoms with E-state index in [-0.39, 0.29) is 6.54 Å². The monoisotopic (exact) mass is 490 g/mol. The average molecular weight is 491 g/mol. The number of nitrogens with zero attached hydrogens (tertiary/aromatic N) is 6. The molecular weight excluding hydrogens is 468 g/mol. The van der Waals surface area contributed by atoms with Crippen LogP contribution in [0.15, 0.2) is 24.4 Å². The molecule has 2 aliphatic rings. The first-order valence-corrected chi connectivity index (χ1v) is 12.0. The van der Waals surface area contributed by atoms with Gasteiger partial charge >= 0.3 is 5.97 Å². The number of carbonyl (C=O) groups is 1. The fourth-order valence-corrected chi connectivity index (χ4v) is 5.50. The highest BCUT2D eigenvalue weighted by Gasteiger charge is 2.44. The van der Waals surface area contributed by atoms with E-state index in [1.54, 1.807) is 19.2 Å². The quantitative estimate of drug-likeness (QED) is 0.539. The Morgan fingerprint density at radius 3 is 3.00 bits per heavy atom. The number of aliphatic hydroxyl groups is 1. The van der Waals surface area contributed by atoms with E-state index in [4.69, 9.17) is 21.1 Å². The third-order valence-corrected chi connectivity index (χ3v) is 7.31. The lowest BCUT2D eigenvalue weighted by Crippen LogP contribution is -2.50. The van der Waals surface area contributed by atoms with Crippen LogP contribution in [0.2, 0.25) is 5.02 Å². The number of hydrogen-bond acceptors (Lipinski definition) is 10. The highest BCUT2D eigenvalue weighted by atomic mass is 35.5. The van der Waals surface area contributed by atoms with Gasteiger partial charge in [0.05, 0.1) is 28.8 Å². The number of aromatic nitrogens is 5. The Morgan fingerprint density at radius 1 is 1.39 bits per heavy atom. The number of piperidine rings is 1. The maximum Gasteiger partial charge on any atom is 0.329 e. The molecule has 0 bridgehead atoms. The molecule has 0 saturated carbocycles. The maximum atomic E-state index is 11.6. The number of carbonyl (C=O) groups excluding carboxylic acids is 1. The smallest absolute Gasteiger partial charge is 0.329 e.